The summed E-state index contributed by atoms with van der Waals surface area (Å²) in [5.41, 5.74) is 0. The highest BCUT2D eigenvalue weighted by Gasteiger charge is 1.84. The number of rotatable bonds is 5. The molecule has 0 aliphatic rings. The molecular weight excluding hydrogens is 124 g/mol. The molecule has 0 bridgehead atoms. The van der Waals surface area contributed by atoms with Crippen LogP contribution in [0.25, 0.3) is 0 Å². The Hall–Kier alpha value is -0.660. The first-order valence-electron chi connectivity index (χ1n) is 3.91. The van der Waals surface area contributed by atoms with Crippen LogP contribution in [-0.4, -0.2) is 25.0 Å². The summed E-state index contributed by atoms with van der Waals surface area (Å²) in [6.07, 6.45) is 5.25. The second-order valence-corrected chi connectivity index (χ2v) is 2.35. The van der Waals surface area contributed by atoms with Gasteiger partial charge >= 0.3 is 0 Å². The Bertz CT molecular complexity index is 89.3. The molecule has 0 radical (unpaired) electrons. The van der Waals surface area contributed by atoms with Gasteiger partial charge in [0, 0.05) is 32.5 Å². The standard InChI is InChI=1S/C8H18N2/c1-4-7-10(3)8-6-9-5-2/h6,8-9H,4-5,7H2,1-3H3/b8-6-. The topological polar surface area (TPSA) is 15.3 Å². The summed E-state index contributed by atoms with van der Waals surface area (Å²) in [6, 6.07) is 0. The van der Waals surface area contributed by atoms with E-state index in [4.69, 9.17) is 0 Å². The molecule has 0 aromatic rings. The van der Waals surface area contributed by atoms with Crippen LogP contribution in [0.5, 0.6) is 0 Å². The first-order valence-corrected chi connectivity index (χ1v) is 3.91. The fraction of sp³-hybridized carbons (Fsp3) is 0.750. The summed E-state index contributed by atoms with van der Waals surface area (Å²) in [4.78, 5) is 2.17. The molecule has 0 unspecified atom stereocenters. The van der Waals surface area contributed by atoms with E-state index in [1.54, 1.807) is 0 Å². The summed E-state index contributed by atoms with van der Waals surface area (Å²) in [6.45, 7) is 6.39. The van der Waals surface area contributed by atoms with E-state index < -0.39 is 0 Å². The van der Waals surface area contributed by atoms with E-state index in [1.165, 1.54) is 6.42 Å². The third-order valence-electron chi connectivity index (χ3n) is 1.23. The Kier molecular flexibility index (Phi) is 6.03. The molecule has 0 spiro atoms. The second kappa shape index (κ2) is 6.46. The van der Waals surface area contributed by atoms with Gasteiger partial charge in [-0.2, -0.15) is 0 Å². The molecule has 60 valence electrons. The van der Waals surface area contributed by atoms with Crippen LogP contribution in [0.3, 0.4) is 0 Å². The lowest BCUT2D eigenvalue weighted by atomic mass is 10.4. The summed E-state index contributed by atoms with van der Waals surface area (Å²) >= 11 is 0. The van der Waals surface area contributed by atoms with E-state index in [-0.39, 0.29) is 0 Å². The normalized spacial score (nSPS) is 10.3. The summed E-state index contributed by atoms with van der Waals surface area (Å²) in [7, 11) is 2.08. The van der Waals surface area contributed by atoms with Crippen molar-refractivity contribution in [2.75, 3.05) is 20.1 Å². The van der Waals surface area contributed by atoms with Crippen LogP contribution in [0.4, 0.5) is 0 Å². The molecule has 0 aromatic carbocycles. The molecule has 0 saturated carbocycles. The van der Waals surface area contributed by atoms with Crippen molar-refractivity contribution in [3.8, 4) is 0 Å². The predicted molar refractivity (Wildman–Crippen MR) is 45.7 cm³/mol. The average Bonchev–Trinajstić information content (AvgIpc) is 1.89. The van der Waals surface area contributed by atoms with Crippen LogP contribution in [-0.2, 0) is 0 Å². The maximum atomic E-state index is 3.12. The highest BCUT2D eigenvalue weighted by Crippen LogP contribution is 1.85. The first kappa shape index (κ1) is 9.34. The number of nitrogens with zero attached hydrogens (tertiary/aromatic N) is 1. The second-order valence-electron chi connectivity index (χ2n) is 2.35. The monoisotopic (exact) mass is 142 g/mol. The fourth-order valence-electron chi connectivity index (χ4n) is 0.725. The van der Waals surface area contributed by atoms with Gasteiger partial charge in [0.15, 0.2) is 0 Å². The molecule has 0 atom stereocenters. The van der Waals surface area contributed by atoms with Crippen LogP contribution >= 0.6 is 0 Å². The molecule has 10 heavy (non-hydrogen) atoms. The van der Waals surface area contributed by atoms with Gasteiger partial charge in [-0.05, 0) is 13.3 Å². The first-order chi connectivity index (χ1) is 4.81. The van der Waals surface area contributed by atoms with Gasteiger partial charge in [-0.25, -0.2) is 0 Å². The van der Waals surface area contributed by atoms with Crippen LogP contribution in [0.2, 0.25) is 0 Å². The molecule has 1 N–H and O–H groups in total. The minimum absolute atomic E-state index is 0.996. The quantitative estimate of drug-likeness (QED) is 0.624. The zero-order valence-corrected chi connectivity index (χ0v) is 7.22. The molecule has 0 amide bonds. The molecule has 0 aliphatic heterocycles. The van der Waals surface area contributed by atoms with Gasteiger partial charge in [0.05, 0.1) is 0 Å². The summed E-state index contributed by atoms with van der Waals surface area (Å²) in [5.74, 6) is 0. The predicted octanol–water partition coefficient (Wildman–Crippen LogP) is 1.41. The molecule has 0 heterocycles. The van der Waals surface area contributed by atoms with Gasteiger partial charge in [0.1, 0.15) is 0 Å². The van der Waals surface area contributed by atoms with Crippen LogP contribution in [0.15, 0.2) is 12.4 Å². The van der Waals surface area contributed by atoms with E-state index in [2.05, 4.69) is 37.3 Å². The van der Waals surface area contributed by atoms with Gasteiger partial charge in [0.25, 0.3) is 0 Å². The molecule has 0 aromatic heterocycles. The Morgan fingerprint density at radius 2 is 2.10 bits per heavy atom. The van der Waals surface area contributed by atoms with Crippen molar-refractivity contribution in [2.24, 2.45) is 0 Å². The Balaban J connectivity index is 3.26. The zero-order chi connectivity index (χ0) is 7.82. The average molecular weight is 142 g/mol. The van der Waals surface area contributed by atoms with E-state index in [0.717, 1.165) is 13.1 Å². The SMILES string of the molecule is CCCN(C)/C=C\NCC. The molecule has 0 saturated heterocycles. The van der Waals surface area contributed by atoms with Crippen molar-refractivity contribution < 1.29 is 0 Å². The highest BCUT2D eigenvalue weighted by molar-refractivity contribution is 4.77. The number of nitrogens with one attached hydrogen (secondary N) is 1. The lowest BCUT2D eigenvalue weighted by Crippen LogP contribution is -2.13. The van der Waals surface area contributed by atoms with Gasteiger partial charge in [-0.15, -0.1) is 0 Å². The Morgan fingerprint density at radius 3 is 2.60 bits per heavy atom. The van der Waals surface area contributed by atoms with Gasteiger partial charge in [-0.1, -0.05) is 6.92 Å². The smallest absolute Gasteiger partial charge is 0.0167 e. The molecule has 0 rings (SSSR count). The zero-order valence-electron chi connectivity index (χ0n) is 7.22. The van der Waals surface area contributed by atoms with Crippen molar-refractivity contribution in [1.29, 1.82) is 0 Å². The largest absolute Gasteiger partial charge is 0.390 e. The number of hydrogen-bond acceptors (Lipinski definition) is 2. The fourth-order valence-corrected chi connectivity index (χ4v) is 0.725. The Morgan fingerprint density at radius 1 is 1.40 bits per heavy atom. The van der Waals surface area contributed by atoms with Crippen LogP contribution < -0.4 is 5.32 Å². The van der Waals surface area contributed by atoms with Crippen molar-refractivity contribution in [3.05, 3.63) is 12.4 Å². The van der Waals surface area contributed by atoms with Crippen molar-refractivity contribution in [2.45, 2.75) is 20.3 Å². The molecule has 0 aliphatic carbocycles. The van der Waals surface area contributed by atoms with E-state index >= 15 is 0 Å². The lowest BCUT2D eigenvalue weighted by Gasteiger charge is -2.11. The third kappa shape index (κ3) is 5.48. The Labute approximate surface area is 63.9 Å². The highest BCUT2D eigenvalue weighted by atomic mass is 15.1. The van der Waals surface area contributed by atoms with Crippen molar-refractivity contribution in [3.63, 3.8) is 0 Å². The summed E-state index contributed by atoms with van der Waals surface area (Å²) in [5, 5.41) is 3.12. The maximum Gasteiger partial charge on any atom is 0.0167 e. The van der Waals surface area contributed by atoms with Crippen LogP contribution in [0, 0.1) is 0 Å². The number of hydrogen-bond donors (Lipinski definition) is 1. The molecular formula is C8H18N2. The van der Waals surface area contributed by atoms with E-state index in [1.807, 2.05) is 6.20 Å². The maximum absolute atomic E-state index is 3.12. The minimum Gasteiger partial charge on any atom is -0.390 e. The van der Waals surface area contributed by atoms with Gasteiger partial charge in [-0.3, -0.25) is 0 Å². The van der Waals surface area contributed by atoms with E-state index in [9.17, 15) is 0 Å². The molecule has 0 fully saturated rings. The summed E-state index contributed by atoms with van der Waals surface area (Å²) < 4.78 is 0. The van der Waals surface area contributed by atoms with Gasteiger partial charge in [0.2, 0.25) is 0 Å². The third-order valence-corrected chi connectivity index (χ3v) is 1.23. The molecule has 2 heteroatoms. The van der Waals surface area contributed by atoms with Crippen molar-refractivity contribution in [1.82, 2.24) is 10.2 Å². The van der Waals surface area contributed by atoms with Crippen molar-refractivity contribution >= 4 is 0 Å². The molecule has 2 nitrogen and oxygen atoms in total. The van der Waals surface area contributed by atoms with E-state index in [0.29, 0.717) is 0 Å². The minimum atomic E-state index is 0.996. The van der Waals surface area contributed by atoms with Gasteiger partial charge < -0.3 is 10.2 Å². The lowest BCUT2D eigenvalue weighted by molar-refractivity contribution is 0.452. The van der Waals surface area contributed by atoms with Crippen LogP contribution in [0.1, 0.15) is 20.3 Å².